The van der Waals surface area contributed by atoms with E-state index in [2.05, 4.69) is 240 Å². The SMILES string of the molecule is c1ccc(N(c2ccc3c(-c4ccc5ccccc5c4)c4ccccc4c(-c4ccc5ccccc5c4)c3c2)c2ccc3c(c2)c2ccccc2n3-c2ccccc2)cc1. The number of fused-ring (bicyclic) bond motifs is 7. The van der Waals surface area contributed by atoms with Crippen LogP contribution >= 0.6 is 0 Å². The van der Waals surface area contributed by atoms with E-state index in [0.29, 0.717) is 0 Å². The topological polar surface area (TPSA) is 8.17 Å². The third-order valence-electron chi connectivity index (χ3n) is 12.3. The minimum absolute atomic E-state index is 1.10. The first-order valence-electron chi connectivity index (χ1n) is 20.7. The molecule has 0 fully saturated rings. The smallest absolute Gasteiger partial charge is 0.0542 e. The van der Waals surface area contributed by atoms with E-state index >= 15 is 0 Å². The van der Waals surface area contributed by atoms with Crippen molar-refractivity contribution in [2.24, 2.45) is 0 Å². The molecule has 2 nitrogen and oxygen atoms in total. The van der Waals surface area contributed by atoms with E-state index < -0.39 is 0 Å². The van der Waals surface area contributed by atoms with Crippen molar-refractivity contribution in [2.75, 3.05) is 4.90 Å². The quantitative estimate of drug-likeness (QED) is 0.153. The number of benzene rings is 11. The van der Waals surface area contributed by atoms with Crippen LogP contribution in [0.3, 0.4) is 0 Å². The second kappa shape index (κ2) is 13.9. The molecule has 2 heteroatoms. The standard InChI is InChI=1S/C58H38N2/c1-3-19-45(20-4-1)59(48-32-34-56-53(37-48)49-23-13-14-26-55(49)60(56)46-21-5-2-6-22-46)47-31-33-52-54(38-47)58(44-30-28-40-16-8-10-18-42(40)36-44)51-25-12-11-24-50(51)57(52)43-29-27-39-15-7-9-17-41(39)35-43/h1-38H. The molecule has 0 unspecified atom stereocenters. The summed E-state index contributed by atoms with van der Waals surface area (Å²) >= 11 is 0. The van der Waals surface area contributed by atoms with Crippen LogP contribution in [0.25, 0.3) is 92.8 Å². The Bertz CT molecular complexity index is 3600. The van der Waals surface area contributed by atoms with Gasteiger partial charge in [-0.25, -0.2) is 0 Å². The molecular weight excluding hydrogens is 725 g/mol. The highest BCUT2D eigenvalue weighted by Gasteiger charge is 2.21. The Labute approximate surface area is 348 Å². The van der Waals surface area contributed by atoms with Gasteiger partial charge in [0.15, 0.2) is 0 Å². The fourth-order valence-electron chi connectivity index (χ4n) is 9.60. The number of nitrogens with zero attached hydrogens (tertiary/aromatic N) is 2. The van der Waals surface area contributed by atoms with Gasteiger partial charge in [0, 0.05) is 33.5 Å². The highest BCUT2D eigenvalue weighted by Crippen LogP contribution is 2.47. The number of hydrogen-bond acceptors (Lipinski definition) is 1. The van der Waals surface area contributed by atoms with Crippen LogP contribution in [0.2, 0.25) is 0 Å². The van der Waals surface area contributed by atoms with Crippen molar-refractivity contribution < 1.29 is 0 Å². The summed E-state index contributed by atoms with van der Waals surface area (Å²) in [6, 6.07) is 84.4. The van der Waals surface area contributed by atoms with E-state index in [1.807, 2.05) is 0 Å². The second-order valence-corrected chi connectivity index (χ2v) is 15.7. The number of anilines is 3. The van der Waals surface area contributed by atoms with Crippen molar-refractivity contribution in [1.29, 1.82) is 0 Å². The normalized spacial score (nSPS) is 11.7. The zero-order valence-electron chi connectivity index (χ0n) is 32.8. The first-order chi connectivity index (χ1) is 29.8. The lowest BCUT2D eigenvalue weighted by molar-refractivity contribution is 1.18. The average Bonchev–Trinajstić information content (AvgIpc) is 3.65. The molecule has 60 heavy (non-hydrogen) atoms. The highest BCUT2D eigenvalue weighted by molar-refractivity contribution is 6.23. The van der Waals surface area contributed by atoms with Crippen molar-refractivity contribution in [1.82, 2.24) is 4.57 Å². The molecule has 0 bridgehead atoms. The van der Waals surface area contributed by atoms with Gasteiger partial charge in [-0.15, -0.1) is 0 Å². The molecule has 280 valence electrons. The van der Waals surface area contributed by atoms with E-state index in [1.165, 1.54) is 87.1 Å². The van der Waals surface area contributed by atoms with Gasteiger partial charge in [0.05, 0.1) is 11.0 Å². The third-order valence-corrected chi connectivity index (χ3v) is 12.3. The lowest BCUT2D eigenvalue weighted by atomic mass is 9.85. The molecule has 0 spiro atoms. The van der Waals surface area contributed by atoms with Crippen LogP contribution in [0.4, 0.5) is 17.1 Å². The molecule has 0 aliphatic heterocycles. The molecule has 0 aliphatic carbocycles. The summed E-state index contributed by atoms with van der Waals surface area (Å²) in [6.45, 7) is 0. The molecule has 0 saturated heterocycles. The lowest BCUT2D eigenvalue weighted by Crippen LogP contribution is -2.10. The molecule has 11 aromatic carbocycles. The summed E-state index contributed by atoms with van der Waals surface area (Å²) in [5.74, 6) is 0. The number of hydrogen-bond donors (Lipinski definition) is 0. The number of aromatic nitrogens is 1. The summed E-state index contributed by atoms with van der Waals surface area (Å²) in [5, 5.41) is 12.3. The number of para-hydroxylation sites is 3. The van der Waals surface area contributed by atoms with Crippen molar-refractivity contribution in [2.45, 2.75) is 0 Å². The van der Waals surface area contributed by atoms with E-state index in [4.69, 9.17) is 0 Å². The molecule has 1 aromatic heterocycles. The van der Waals surface area contributed by atoms with Gasteiger partial charge in [0.1, 0.15) is 0 Å². The summed E-state index contributed by atoms with van der Waals surface area (Å²) in [6.07, 6.45) is 0. The monoisotopic (exact) mass is 762 g/mol. The minimum Gasteiger partial charge on any atom is -0.310 e. The van der Waals surface area contributed by atoms with Gasteiger partial charge < -0.3 is 9.47 Å². The van der Waals surface area contributed by atoms with Gasteiger partial charge in [-0.05, 0) is 138 Å². The van der Waals surface area contributed by atoms with Crippen LogP contribution < -0.4 is 4.90 Å². The van der Waals surface area contributed by atoms with Crippen molar-refractivity contribution in [3.05, 3.63) is 231 Å². The number of rotatable bonds is 6. The molecule has 0 radical (unpaired) electrons. The summed E-state index contributed by atoms with van der Waals surface area (Å²) in [7, 11) is 0. The predicted molar refractivity (Wildman–Crippen MR) is 256 cm³/mol. The molecule has 12 aromatic rings. The van der Waals surface area contributed by atoms with Gasteiger partial charge in [-0.3, -0.25) is 0 Å². The van der Waals surface area contributed by atoms with E-state index in [0.717, 1.165) is 22.7 Å². The molecule has 0 amide bonds. The molecular formula is C58H38N2. The van der Waals surface area contributed by atoms with Gasteiger partial charge in [-0.1, -0.05) is 158 Å². The molecule has 12 rings (SSSR count). The maximum absolute atomic E-state index is 2.43. The van der Waals surface area contributed by atoms with Crippen LogP contribution in [-0.4, -0.2) is 4.57 Å². The molecule has 1 heterocycles. The largest absolute Gasteiger partial charge is 0.310 e. The van der Waals surface area contributed by atoms with Crippen molar-refractivity contribution in [3.8, 4) is 27.9 Å². The lowest BCUT2D eigenvalue weighted by Gasteiger charge is -2.27. The average molecular weight is 763 g/mol. The summed E-state index contributed by atoms with van der Waals surface area (Å²) in [5.41, 5.74) is 11.8. The van der Waals surface area contributed by atoms with Gasteiger partial charge in [0.2, 0.25) is 0 Å². The Morgan fingerprint density at radius 2 is 0.733 bits per heavy atom. The van der Waals surface area contributed by atoms with E-state index in [-0.39, 0.29) is 0 Å². The first-order valence-corrected chi connectivity index (χ1v) is 20.7. The van der Waals surface area contributed by atoms with Crippen LogP contribution in [0.5, 0.6) is 0 Å². The van der Waals surface area contributed by atoms with Crippen LogP contribution in [-0.2, 0) is 0 Å². The second-order valence-electron chi connectivity index (χ2n) is 15.7. The maximum Gasteiger partial charge on any atom is 0.0542 e. The van der Waals surface area contributed by atoms with Gasteiger partial charge in [0.25, 0.3) is 0 Å². The minimum atomic E-state index is 1.10. The Hall–Kier alpha value is -7.94. The van der Waals surface area contributed by atoms with E-state index in [1.54, 1.807) is 0 Å². The third kappa shape index (κ3) is 5.50. The van der Waals surface area contributed by atoms with Crippen LogP contribution in [0.15, 0.2) is 231 Å². The molecule has 0 saturated carbocycles. The van der Waals surface area contributed by atoms with Crippen LogP contribution in [0, 0.1) is 0 Å². The van der Waals surface area contributed by atoms with Crippen molar-refractivity contribution in [3.63, 3.8) is 0 Å². The molecule has 0 N–H and O–H groups in total. The zero-order valence-corrected chi connectivity index (χ0v) is 32.8. The first kappa shape index (κ1) is 34.1. The summed E-state index contributed by atoms with van der Waals surface area (Å²) in [4.78, 5) is 2.42. The fraction of sp³-hybridized carbons (Fsp3) is 0. The predicted octanol–water partition coefficient (Wildman–Crippen LogP) is 16.2. The van der Waals surface area contributed by atoms with Crippen molar-refractivity contribution >= 4 is 82.0 Å². The maximum atomic E-state index is 2.43. The molecule has 0 aliphatic rings. The Morgan fingerprint density at radius 3 is 1.38 bits per heavy atom. The Morgan fingerprint density at radius 1 is 0.267 bits per heavy atom. The highest BCUT2D eigenvalue weighted by atomic mass is 15.1. The van der Waals surface area contributed by atoms with Gasteiger partial charge in [-0.2, -0.15) is 0 Å². The fourth-order valence-corrected chi connectivity index (χ4v) is 9.60. The zero-order chi connectivity index (χ0) is 39.6. The van der Waals surface area contributed by atoms with Crippen LogP contribution in [0.1, 0.15) is 0 Å². The molecule has 0 atom stereocenters. The van der Waals surface area contributed by atoms with Gasteiger partial charge >= 0.3 is 0 Å². The summed E-state index contributed by atoms with van der Waals surface area (Å²) < 4.78 is 2.38. The Kier molecular flexibility index (Phi) is 7.89. The Balaban J connectivity index is 1.15. The van der Waals surface area contributed by atoms with E-state index in [9.17, 15) is 0 Å².